The van der Waals surface area contributed by atoms with E-state index in [9.17, 15) is 19.5 Å². The number of ketones is 1. The smallest absolute Gasteiger partial charge is 0.326 e. The molecule has 144 valence electrons. The van der Waals surface area contributed by atoms with Crippen molar-refractivity contribution in [3.8, 4) is 0 Å². The number of carboxylic acid groups (broad SMARTS) is 1. The maximum absolute atomic E-state index is 12.7. The molecule has 2 atom stereocenters. The summed E-state index contributed by atoms with van der Waals surface area (Å²) >= 11 is 0. The third-order valence-electron chi connectivity index (χ3n) is 4.30. The van der Waals surface area contributed by atoms with Crippen LogP contribution in [0.2, 0.25) is 0 Å². The van der Waals surface area contributed by atoms with E-state index < -0.39 is 17.9 Å². The molecule has 1 aromatic carbocycles. The summed E-state index contributed by atoms with van der Waals surface area (Å²) in [6, 6.07) is 8.59. The van der Waals surface area contributed by atoms with Gasteiger partial charge in [0.2, 0.25) is 5.91 Å². The summed E-state index contributed by atoms with van der Waals surface area (Å²) in [6.45, 7) is 5.85. The lowest BCUT2D eigenvalue weighted by molar-refractivity contribution is -0.143. The van der Waals surface area contributed by atoms with E-state index >= 15 is 0 Å². The number of benzene rings is 1. The van der Waals surface area contributed by atoms with Crippen molar-refractivity contribution in [3.05, 3.63) is 35.9 Å². The van der Waals surface area contributed by atoms with Crippen LogP contribution in [0.25, 0.3) is 0 Å². The molecule has 0 aliphatic rings. The minimum Gasteiger partial charge on any atom is -0.480 e. The Kier molecular flexibility index (Phi) is 9.63. The Morgan fingerprint density at radius 3 is 2.31 bits per heavy atom. The molecule has 1 rings (SSSR count). The standard InChI is InChI=1S/C21H31NO4/c1-4-5-11-18(23)14-17(13-16-9-7-6-8-10-16)20(24)22-19(21(25)26)12-15(2)3/h6-10,15,17,19H,4-5,11-14H2,1-3H3,(H,22,24)(H,25,26). The average Bonchev–Trinajstić information content (AvgIpc) is 2.59. The highest BCUT2D eigenvalue weighted by atomic mass is 16.4. The van der Waals surface area contributed by atoms with Crippen molar-refractivity contribution in [3.63, 3.8) is 0 Å². The Hall–Kier alpha value is -2.17. The highest BCUT2D eigenvalue weighted by Crippen LogP contribution is 2.16. The predicted octanol–water partition coefficient (Wildman–Crippen LogP) is 3.61. The van der Waals surface area contributed by atoms with Gasteiger partial charge in [-0.05, 0) is 30.7 Å². The monoisotopic (exact) mass is 361 g/mol. The molecule has 0 radical (unpaired) electrons. The van der Waals surface area contributed by atoms with Gasteiger partial charge in [0, 0.05) is 18.8 Å². The lowest BCUT2D eigenvalue weighted by atomic mass is 9.91. The van der Waals surface area contributed by atoms with Crippen LogP contribution in [0.5, 0.6) is 0 Å². The Balaban J connectivity index is 2.85. The molecule has 0 aliphatic heterocycles. The molecule has 5 nitrogen and oxygen atoms in total. The largest absolute Gasteiger partial charge is 0.480 e. The van der Waals surface area contributed by atoms with Crippen molar-refractivity contribution in [1.82, 2.24) is 5.32 Å². The second-order valence-corrected chi connectivity index (χ2v) is 7.26. The zero-order chi connectivity index (χ0) is 19.5. The fourth-order valence-electron chi connectivity index (χ4n) is 2.89. The van der Waals surface area contributed by atoms with Crippen LogP contribution in [0.15, 0.2) is 30.3 Å². The number of nitrogens with one attached hydrogen (secondary N) is 1. The van der Waals surface area contributed by atoms with Crippen molar-refractivity contribution >= 4 is 17.7 Å². The molecule has 0 spiro atoms. The number of aliphatic carboxylic acids is 1. The molecule has 1 amide bonds. The zero-order valence-electron chi connectivity index (χ0n) is 16.0. The number of unbranched alkanes of at least 4 members (excludes halogenated alkanes) is 1. The van der Waals surface area contributed by atoms with Gasteiger partial charge in [-0.25, -0.2) is 4.79 Å². The van der Waals surface area contributed by atoms with E-state index in [-0.39, 0.29) is 24.0 Å². The molecule has 2 unspecified atom stereocenters. The molecule has 2 N–H and O–H groups in total. The van der Waals surface area contributed by atoms with E-state index in [4.69, 9.17) is 0 Å². The second-order valence-electron chi connectivity index (χ2n) is 7.26. The quantitative estimate of drug-likeness (QED) is 0.596. The van der Waals surface area contributed by atoms with Crippen LogP contribution in [-0.2, 0) is 20.8 Å². The minimum absolute atomic E-state index is 0.0543. The van der Waals surface area contributed by atoms with E-state index in [1.165, 1.54) is 0 Å². The predicted molar refractivity (Wildman–Crippen MR) is 102 cm³/mol. The van der Waals surface area contributed by atoms with Crippen LogP contribution in [0.4, 0.5) is 0 Å². The first kappa shape index (κ1) is 21.9. The van der Waals surface area contributed by atoms with Crippen molar-refractivity contribution in [1.29, 1.82) is 0 Å². The van der Waals surface area contributed by atoms with Gasteiger partial charge in [0.05, 0.1) is 0 Å². The highest BCUT2D eigenvalue weighted by Gasteiger charge is 2.27. The average molecular weight is 361 g/mol. The Morgan fingerprint density at radius 2 is 1.77 bits per heavy atom. The molecule has 0 heterocycles. The third-order valence-corrected chi connectivity index (χ3v) is 4.30. The molecule has 5 heteroatoms. The topological polar surface area (TPSA) is 83.5 Å². The van der Waals surface area contributed by atoms with Crippen LogP contribution in [0.1, 0.15) is 58.4 Å². The first-order chi connectivity index (χ1) is 12.3. The molecule has 0 fully saturated rings. The number of Topliss-reactive ketones (excluding diaryl/α,β-unsaturated/α-hetero) is 1. The highest BCUT2D eigenvalue weighted by molar-refractivity contribution is 5.89. The van der Waals surface area contributed by atoms with Crippen LogP contribution in [-0.4, -0.2) is 28.8 Å². The molecule has 0 aromatic heterocycles. The van der Waals surface area contributed by atoms with Gasteiger partial charge in [-0.1, -0.05) is 57.5 Å². The fourth-order valence-corrected chi connectivity index (χ4v) is 2.89. The number of carbonyl (C=O) groups excluding carboxylic acids is 2. The number of hydrogen-bond donors (Lipinski definition) is 2. The Morgan fingerprint density at radius 1 is 1.12 bits per heavy atom. The van der Waals surface area contributed by atoms with E-state index in [1.54, 1.807) is 0 Å². The van der Waals surface area contributed by atoms with Crippen LogP contribution >= 0.6 is 0 Å². The van der Waals surface area contributed by atoms with E-state index in [0.717, 1.165) is 18.4 Å². The summed E-state index contributed by atoms with van der Waals surface area (Å²) in [4.78, 5) is 36.4. The van der Waals surface area contributed by atoms with Gasteiger partial charge < -0.3 is 10.4 Å². The summed E-state index contributed by atoms with van der Waals surface area (Å²) in [6.07, 6.45) is 3.14. The summed E-state index contributed by atoms with van der Waals surface area (Å²) in [7, 11) is 0. The van der Waals surface area contributed by atoms with Crippen LogP contribution in [0.3, 0.4) is 0 Å². The van der Waals surface area contributed by atoms with E-state index in [0.29, 0.717) is 19.3 Å². The molecule has 1 aromatic rings. The third kappa shape index (κ3) is 8.28. The molecule has 0 saturated carbocycles. The minimum atomic E-state index is -1.04. The van der Waals surface area contributed by atoms with Gasteiger partial charge in [0.25, 0.3) is 0 Å². The molecule has 0 bridgehead atoms. The number of amides is 1. The van der Waals surface area contributed by atoms with Crippen molar-refractivity contribution in [2.24, 2.45) is 11.8 Å². The summed E-state index contributed by atoms with van der Waals surface area (Å²) in [5.41, 5.74) is 0.965. The van der Waals surface area contributed by atoms with Crippen LogP contribution < -0.4 is 5.32 Å². The van der Waals surface area contributed by atoms with E-state index in [1.807, 2.05) is 51.1 Å². The number of carbonyl (C=O) groups is 3. The van der Waals surface area contributed by atoms with Gasteiger partial charge in [0.1, 0.15) is 11.8 Å². The first-order valence-corrected chi connectivity index (χ1v) is 9.42. The molecule has 0 aliphatic carbocycles. The van der Waals surface area contributed by atoms with Crippen molar-refractivity contribution in [2.45, 2.75) is 65.3 Å². The van der Waals surface area contributed by atoms with Crippen molar-refractivity contribution in [2.75, 3.05) is 0 Å². The van der Waals surface area contributed by atoms with Gasteiger partial charge in [-0.3, -0.25) is 9.59 Å². The lowest BCUT2D eigenvalue weighted by Gasteiger charge is -2.21. The van der Waals surface area contributed by atoms with Gasteiger partial charge in [-0.2, -0.15) is 0 Å². The lowest BCUT2D eigenvalue weighted by Crippen LogP contribution is -2.45. The summed E-state index contributed by atoms with van der Waals surface area (Å²) in [5.74, 6) is -1.74. The summed E-state index contributed by atoms with van der Waals surface area (Å²) in [5, 5.41) is 12.0. The fraction of sp³-hybridized carbons (Fsp3) is 0.571. The first-order valence-electron chi connectivity index (χ1n) is 9.42. The molecular weight excluding hydrogens is 330 g/mol. The van der Waals surface area contributed by atoms with Crippen LogP contribution in [0, 0.1) is 11.8 Å². The van der Waals surface area contributed by atoms with Gasteiger partial charge in [0.15, 0.2) is 0 Å². The van der Waals surface area contributed by atoms with Gasteiger partial charge >= 0.3 is 5.97 Å². The summed E-state index contributed by atoms with van der Waals surface area (Å²) < 4.78 is 0. The number of hydrogen-bond acceptors (Lipinski definition) is 3. The maximum atomic E-state index is 12.7. The van der Waals surface area contributed by atoms with E-state index in [2.05, 4.69) is 5.32 Å². The second kappa shape index (κ2) is 11.4. The zero-order valence-corrected chi connectivity index (χ0v) is 16.0. The van der Waals surface area contributed by atoms with Crippen molar-refractivity contribution < 1.29 is 19.5 Å². The molecule has 0 saturated heterocycles. The maximum Gasteiger partial charge on any atom is 0.326 e. The van der Waals surface area contributed by atoms with Gasteiger partial charge in [-0.15, -0.1) is 0 Å². The molecular formula is C21H31NO4. The normalized spacial score (nSPS) is 13.2. The Labute approximate surface area is 156 Å². The number of rotatable bonds is 12. The SMILES string of the molecule is CCCCC(=O)CC(Cc1ccccc1)C(=O)NC(CC(C)C)C(=O)O. The Bertz CT molecular complexity index is 583. The molecule has 26 heavy (non-hydrogen) atoms. The number of carboxylic acids is 1.